The van der Waals surface area contributed by atoms with Crippen LogP contribution in [0.5, 0.6) is 5.75 Å². The fourth-order valence-corrected chi connectivity index (χ4v) is 2.57. The van der Waals surface area contributed by atoms with E-state index in [1.54, 1.807) is 6.92 Å². The van der Waals surface area contributed by atoms with Crippen LogP contribution in [0.15, 0.2) is 36.1 Å². The molecule has 1 aromatic rings. The summed E-state index contributed by atoms with van der Waals surface area (Å²) in [7, 11) is 1.43. The maximum absolute atomic E-state index is 13.6. The third-order valence-electron chi connectivity index (χ3n) is 3.80. The van der Waals surface area contributed by atoms with Crippen LogP contribution in [0.4, 0.5) is 13.2 Å². The van der Waals surface area contributed by atoms with E-state index >= 15 is 0 Å². The Labute approximate surface area is 131 Å². The molecular formula is C16H17F3O4. The molecule has 7 heteroatoms. The van der Waals surface area contributed by atoms with Crippen LogP contribution in [0.2, 0.25) is 0 Å². The summed E-state index contributed by atoms with van der Waals surface area (Å²) < 4.78 is 55.6. The monoisotopic (exact) mass is 330 g/mol. The maximum Gasteiger partial charge on any atom is 0.433 e. The van der Waals surface area contributed by atoms with Gasteiger partial charge < -0.3 is 14.2 Å². The SMILES string of the molecule is CCOC(=O)/C=C1/OC(c2ccc(OC)cc2)(C(F)(F)F)[C@H]1C. The van der Waals surface area contributed by atoms with Crippen molar-refractivity contribution >= 4 is 5.97 Å². The number of halogens is 3. The van der Waals surface area contributed by atoms with Crippen molar-refractivity contribution in [2.75, 3.05) is 13.7 Å². The third-order valence-corrected chi connectivity index (χ3v) is 3.80. The van der Waals surface area contributed by atoms with E-state index in [-0.39, 0.29) is 17.9 Å². The van der Waals surface area contributed by atoms with E-state index in [4.69, 9.17) is 14.2 Å². The van der Waals surface area contributed by atoms with E-state index in [9.17, 15) is 18.0 Å². The predicted octanol–water partition coefficient (Wildman–Crippen LogP) is 3.57. The molecule has 1 saturated heterocycles. The molecule has 0 saturated carbocycles. The highest BCUT2D eigenvalue weighted by Crippen LogP contribution is 2.58. The van der Waals surface area contributed by atoms with Gasteiger partial charge in [0.1, 0.15) is 11.5 Å². The van der Waals surface area contributed by atoms with Crippen molar-refractivity contribution in [2.45, 2.75) is 25.6 Å². The van der Waals surface area contributed by atoms with Crippen LogP contribution in [-0.4, -0.2) is 25.9 Å². The Morgan fingerprint density at radius 2 is 1.96 bits per heavy atom. The lowest BCUT2D eigenvalue weighted by atomic mass is 9.75. The van der Waals surface area contributed by atoms with E-state index in [1.165, 1.54) is 38.3 Å². The van der Waals surface area contributed by atoms with Crippen molar-refractivity contribution in [3.63, 3.8) is 0 Å². The average molecular weight is 330 g/mol. The molecule has 2 atom stereocenters. The molecule has 1 heterocycles. The number of hydrogen-bond donors (Lipinski definition) is 0. The number of hydrogen-bond acceptors (Lipinski definition) is 4. The smallest absolute Gasteiger partial charge is 0.433 e. The largest absolute Gasteiger partial charge is 0.497 e. The number of ether oxygens (including phenoxy) is 3. The molecule has 1 aliphatic rings. The first kappa shape index (κ1) is 17.2. The van der Waals surface area contributed by atoms with Gasteiger partial charge in [0, 0.05) is 5.56 Å². The lowest BCUT2D eigenvalue weighted by Crippen LogP contribution is -2.58. The molecule has 126 valence electrons. The average Bonchev–Trinajstić information content (AvgIpc) is 2.50. The summed E-state index contributed by atoms with van der Waals surface area (Å²) in [5.74, 6) is -1.36. The van der Waals surface area contributed by atoms with Gasteiger partial charge in [-0.15, -0.1) is 0 Å². The topological polar surface area (TPSA) is 44.8 Å². The molecule has 4 nitrogen and oxygen atoms in total. The van der Waals surface area contributed by atoms with Crippen molar-refractivity contribution in [2.24, 2.45) is 5.92 Å². The van der Waals surface area contributed by atoms with Crippen molar-refractivity contribution in [1.82, 2.24) is 0 Å². The Hall–Kier alpha value is -2.18. The summed E-state index contributed by atoms with van der Waals surface area (Å²) >= 11 is 0. The molecule has 0 bridgehead atoms. The van der Waals surface area contributed by atoms with E-state index in [1.807, 2.05) is 0 Å². The van der Waals surface area contributed by atoms with Gasteiger partial charge in [0.15, 0.2) is 0 Å². The van der Waals surface area contributed by atoms with Gasteiger partial charge in [0.2, 0.25) is 5.60 Å². The predicted molar refractivity (Wildman–Crippen MR) is 75.7 cm³/mol. The Balaban J connectivity index is 2.35. The first-order chi connectivity index (χ1) is 10.8. The van der Waals surface area contributed by atoms with Gasteiger partial charge in [-0.25, -0.2) is 4.79 Å². The Morgan fingerprint density at radius 1 is 1.35 bits per heavy atom. The standard InChI is InChI=1S/C16H17F3O4/c1-4-22-14(20)9-13-10(2)15(23-13,16(17,18)19)11-5-7-12(21-3)8-6-11/h5-10H,4H2,1-3H3/b13-9+/t10-,15?/m0/s1. The Morgan fingerprint density at radius 3 is 2.39 bits per heavy atom. The number of rotatable bonds is 4. The molecule has 0 radical (unpaired) electrons. The molecule has 1 fully saturated rings. The fraction of sp³-hybridized carbons (Fsp3) is 0.438. The fourth-order valence-electron chi connectivity index (χ4n) is 2.57. The van der Waals surface area contributed by atoms with Crippen LogP contribution in [0.1, 0.15) is 19.4 Å². The molecule has 0 spiro atoms. The van der Waals surface area contributed by atoms with Crippen molar-refractivity contribution in [3.05, 3.63) is 41.7 Å². The maximum atomic E-state index is 13.6. The summed E-state index contributed by atoms with van der Waals surface area (Å²) in [5.41, 5.74) is -2.52. The molecule has 1 unspecified atom stereocenters. The third kappa shape index (κ3) is 2.87. The Bertz CT molecular complexity index is 607. The first-order valence-electron chi connectivity index (χ1n) is 7.05. The van der Waals surface area contributed by atoms with Gasteiger partial charge in [0.05, 0.1) is 25.7 Å². The zero-order valence-corrected chi connectivity index (χ0v) is 12.9. The van der Waals surface area contributed by atoms with Crippen LogP contribution in [0, 0.1) is 5.92 Å². The molecule has 0 amide bonds. The van der Waals surface area contributed by atoms with Gasteiger partial charge in [-0.3, -0.25) is 0 Å². The minimum atomic E-state index is -4.63. The molecule has 1 aromatic carbocycles. The van der Waals surface area contributed by atoms with Crippen LogP contribution >= 0.6 is 0 Å². The summed E-state index contributed by atoms with van der Waals surface area (Å²) in [6, 6.07) is 5.49. The Kier molecular flexibility index (Phi) is 4.58. The van der Waals surface area contributed by atoms with E-state index in [2.05, 4.69) is 0 Å². The lowest BCUT2D eigenvalue weighted by molar-refractivity contribution is -0.332. The van der Waals surface area contributed by atoms with Crippen LogP contribution in [0.25, 0.3) is 0 Å². The second-order valence-corrected chi connectivity index (χ2v) is 5.08. The number of carbonyl (C=O) groups is 1. The summed E-state index contributed by atoms with van der Waals surface area (Å²) in [4.78, 5) is 11.4. The van der Waals surface area contributed by atoms with Crippen LogP contribution in [0.3, 0.4) is 0 Å². The van der Waals surface area contributed by atoms with E-state index < -0.39 is 23.7 Å². The van der Waals surface area contributed by atoms with Gasteiger partial charge in [0.25, 0.3) is 0 Å². The summed E-state index contributed by atoms with van der Waals surface area (Å²) in [5, 5.41) is 0. The zero-order valence-electron chi connectivity index (χ0n) is 12.9. The molecule has 0 aliphatic carbocycles. The van der Waals surface area contributed by atoms with Crippen molar-refractivity contribution in [1.29, 1.82) is 0 Å². The second-order valence-electron chi connectivity index (χ2n) is 5.08. The summed E-state index contributed by atoms with van der Waals surface area (Å²) in [6.45, 7) is 3.12. The van der Waals surface area contributed by atoms with Crippen LogP contribution in [-0.2, 0) is 19.9 Å². The van der Waals surface area contributed by atoms with Crippen LogP contribution < -0.4 is 4.74 Å². The molecule has 2 rings (SSSR count). The number of carbonyl (C=O) groups excluding carboxylic acids is 1. The quantitative estimate of drug-likeness (QED) is 0.625. The summed E-state index contributed by atoms with van der Waals surface area (Å²) in [6.07, 6.45) is -3.67. The molecule has 23 heavy (non-hydrogen) atoms. The van der Waals surface area contributed by atoms with Crippen molar-refractivity contribution in [3.8, 4) is 5.75 Å². The minimum absolute atomic E-state index is 0.0423. The van der Waals surface area contributed by atoms with Gasteiger partial charge in [-0.1, -0.05) is 19.1 Å². The highest BCUT2D eigenvalue weighted by atomic mass is 19.4. The number of benzene rings is 1. The molecule has 0 N–H and O–H groups in total. The van der Waals surface area contributed by atoms with E-state index in [0.29, 0.717) is 5.75 Å². The lowest BCUT2D eigenvalue weighted by Gasteiger charge is -2.50. The van der Waals surface area contributed by atoms with Gasteiger partial charge >= 0.3 is 12.1 Å². The first-order valence-corrected chi connectivity index (χ1v) is 7.05. The number of alkyl halides is 3. The number of methoxy groups -OCH3 is 1. The molecule has 1 aliphatic heterocycles. The van der Waals surface area contributed by atoms with Gasteiger partial charge in [-0.2, -0.15) is 13.2 Å². The van der Waals surface area contributed by atoms with Gasteiger partial charge in [-0.05, 0) is 19.1 Å². The number of esters is 1. The van der Waals surface area contributed by atoms with Crippen molar-refractivity contribution < 1.29 is 32.2 Å². The molecular weight excluding hydrogens is 313 g/mol. The molecule has 0 aromatic heterocycles. The zero-order chi connectivity index (χ0) is 17.3. The highest BCUT2D eigenvalue weighted by Gasteiger charge is 2.69. The van der Waals surface area contributed by atoms with E-state index in [0.717, 1.165) is 6.08 Å². The second kappa shape index (κ2) is 6.14. The minimum Gasteiger partial charge on any atom is -0.497 e. The normalized spacial score (nSPS) is 25.5. The highest BCUT2D eigenvalue weighted by molar-refractivity contribution is 5.82.